The third-order valence-electron chi connectivity index (χ3n) is 3.65. The summed E-state index contributed by atoms with van der Waals surface area (Å²) in [6.45, 7) is 5.99. The molecule has 1 aromatic heterocycles. The molecule has 0 atom stereocenters. The van der Waals surface area contributed by atoms with Crippen LogP contribution < -0.4 is 10.7 Å². The fourth-order valence-corrected chi connectivity index (χ4v) is 2.39. The number of aromatic nitrogens is 2. The number of hydrogen-bond acceptors (Lipinski definition) is 6. The molecule has 0 unspecified atom stereocenters. The highest BCUT2D eigenvalue weighted by Crippen LogP contribution is 2.09. The Labute approximate surface area is 164 Å². The maximum Gasteiger partial charge on any atom is 0.407 e. The van der Waals surface area contributed by atoms with Crippen molar-refractivity contribution in [3.8, 4) is 0 Å². The molecular weight excluding hydrogens is 358 g/mol. The van der Waals surface area contributed by atoms with E-state index in [0.717, 1.165) is 35.9 Å². The SMILES string of the molecule is CC(C)(C)OC(=O)NCCCCCC(=O)NN=Cc1ccc2nccnc2c1. The van der Waals surface area contributed by atoms with Crippen molar-refractivity contribution in [2.24, 2.45) is 5.10 Å². The Kier molecular flexibility index (Phi) is 7.86. The van der Waals surface area contributed by atoms with E-state index in [0.29, 0.717) is 13.0 Å². The van der Waals surface area contributed by atoms with E-state index >= 15 is 0 Å². The first kappa shape index (κ1) is 21.3. The van der Waals surface area contributed by atoms with Gasteiger partial charge in [0.25, 0.3) is 0 Å². The maximum atomic E-state index is 11.8. The normalized spacial score (nSPS) is 11.5. The molecule has 0 aliphatic rings. The average Bonchev–Trinajstić information content (AvgIpc) is 2.63. The highest BCUT2D eigenvalue weighted by atomic mass is 16.6. The number of rotatable bonds is 8. The minimum Gasteiger partial charge on any atom is -0.444 e. The van der Waals surface area contributed by atoms with Crippen LogP contribution in [0.25, 0.3) is 11.0 Å². The van der Waals surface area contributed by atoms with Gasteiger partial charge in [-0.15, -0.1) is 0 Å². The maximum absolute atomic E-state index is 11.8. The van der Waals surface area contributed by atoms with Gasteiger partial charge in [0, 0.05) is 25.4 Å². The van der Waals surface area contributed by atoms with Gasteiger partial charge in [-0.1, -0.05) is 12.5 Å². The van der Waals surface area contributed by atoms with Crippen molar-refractivity contribution >= 4 is 29.2 Å². The van der Waals surface area contributed by atoms with Crippen LogP contribution in [0.1, 0.15) is 52.0 Å². The van der Waals surface area contributed by atoms with Crippen LogP contribution in [0.5, 0.6) is 0 Å². The van der Waals surface area contributed by atoms with E-state index in [1.165, 1.54) is 0 Å². The Hall–Kier alpha value is -3.03. The van der Waals surface area contributed by atoms with Gasteiger partial charge in [0.2, 0.25) is 5.91 Å². The van der Waals surface area contributed by atoms with Crippen LogP contribution in [0.15, 0.2) is 35.7 Å². The molecule has 28 heavy (non-hydrogen) atoms. The topological polar surface area (TPSA) is 106 Å². The number of nitrogens with one attached hydrogen (secondary N) is 2. The number of carbonyl (C=O) groups is 2. The Morgan fingerprint density at radius 3 is 2.61 bits per heavy atom. The number of fused-ring (bicyclic) bond motifs is 1. The smallest absolute Gasteiger partial charge is 0.407 e. The van der Waals surface area contributed by atoms with E-state index in [4.69, 9.17) is 4.74 Å². The van der Waals surface area contributed by atoms with Crippen molar-refractivity contribution in [3.05, 3.63) is 36.2 Å². The fraction of sp³-hybridized carbons (Fsp3) is 0.450. The lowest BCUT2D eigenvalue weighted by Crippen LogP contribution is -2.33. The minimum absolute atomic E-state index is 0.142. The van der Waals surface area contributed by atoms with Crippen molar-refractivity contribution in [1.82, 2.24) is 20.7 Å². The van der Waals surface area contributed by atoms with Gasteiger partial charge in [0.15, 0.2) is 0 Å². The molecule has 150 valence electrons. The summed E-state index contributed by atoms with van der Waals surface area (Å²) < 4.78 is 5.15. The number of hydrazone groups is 1. The summed E-state index contributed by atoms with van der Waals surface area (Å²) in [7, 11) is 0. The van der Waals surface area contributed by atoms with Gasteiger partial charge in [0.1, 0.15) is 5.60 Å². The zero-order valence-corrected chi connectivity index (χ0v) is 16.6. The summed E-state index contributed by atoms with van der Waals surface area (Å²) in [5.41, 5.74) is 4.44. The second-order valence-electron chi connectivity index (χ2n) is 7.34. The van der Waals surface area contributed by atoms with Crippen LogP contribution >= 0.6 is 0 Å². The Bertz CT molecular complexity index is 830. The number of carbonyl (C=O) groups excluding carboxylic acids is 2. The van der Waals surface area contributed by atoms with Gasteiger partial charge < -0.3 is 10.1 Å². The molecule has 2 aromatic rings. The van der Waals surface area contributed by atoms with E-state index in [2.05, 4.69) is 25.8 Å². The number of nitrogens with zero attached hydrogens (tertiary/aromatic N) is 3. The molecule has 1 heterocycles. The lowest BCUT2D eigenvalue weighted by Gasteiger charge is -2.19. The second-order valence-corrected chi connectivity index (χ2v) is 7.34. The Morgan fingerprint density at radius 2 is 1.86 bits per heavy atom. The van der Waals surface area contributed by atoms with Crippen LogP contribution in [0, 0.1) is 0 Å². The molecule has 0 bridgehead atoms. The van der Waals surface area contributed by atoms with E-state index < -0.39 is 11.7 Å². The third kappa shape index (κ3) is 8.11. The van der Waals surface area contributed by atoms with Gasteiger partial charge in [-0.2, -0.15) is 5.10 Å². The molecule has 0 aliphatic heterocycles. The Morgan fingerprint density at radius 1 is 1.11 bits per heavy atom. The van der Waals surface area contributed by atoms with Gasteiger partial charge >= 0.3 is 6.09 Å². The lowest BCUT2D eigenvalue weighted by molar-refractivity contribution is -0.121. The number of amides is 2. The number of benzene rings is 1. The molecular formula is C20H27N5O3. The molecule has 0 radical (unpaired) electrons. The van der Waals surface area contributed by atoms with Gasteiger partial charge in [-0.3, -0.25) is 14.8 Å². The quantitative estimate of drug-likeness (QED) is 0.412. The third-order valence-corrected chi connectivity index (χ3v) is 3.65. The van der Waals surface area contributed by atoms with Gasteiger partial charge in [-0.25, -0.2) is 10.2 Å². The van der Waals surface area contributed by atoms with E-state index in [1.807, 2.05) is 39.0 Å². The van der Waals surface area contributed by atoms with Crippen LogP contribution in [0.2, 0.25) is 0 Å². The molecule has 2 N–H and O–H groups in total. The second kappa shape index (κ2) is 10.3. The minimum atomic E-state index is -0.497. The van der Waals surface area contributed by atoms with Crippen molar-refractivity contribution in [1.29, 1.82) is 0 Å². The first-order chi connectivity index (χ1) is 13.3. The summed E-state index contributed by atoms with van der Waals surface area (Å²) in [5.74, 6) is -0.142. The van der Waals surface area contributed by atoms with Crippen molar-refractivity contribution in [2.45, 2.75) is 52.1 Å². The van der Waals surface area contributed by atoms with Crippen LogP contribution in [-0.4, -0.2) is 40.3 Å². The number of ether oxygens (including phenoxy) is 1. The van der Waals surface area contributed by atoms with Crippen LogP contribution in [0.3, 0.4) is 0 Å². The molecule has 8 heteroatoms. The standard InChI is InChI=1S/C20H27N5O3/c1-20(2,3)28-19(27)23-10-6-4-5-7-18(26)25-24-14-15-8-9-16-17(13-15)22-12-11-21-16/h8-9,11-14H,4-7,10H2,1-3H3,(H,23,27)(H,25,26). The zero-order chi connectivity index (χ0) is 20.4. The molecule has 0 aliphatic carbocycles. The molecule has 0 saturated heterocycles. The largest absolute Gasteiger partial charge is 0.444 e. The summed E-state index contributed by atoms with van der Waals surface area (Å²) in [6, 6.07) is 5.58. The predicted octanol–water partition coefficient (Wildman–Crippen LogP) is 3.17. The van der Waals surface area contributed by atoms with Crippen LogP contribution in [-0.2, 0) is 9.53 Å². The van der Waals surface area contributed by atoms with E-state index in [9.17, 15) is 9.59 Å². The molecule has 2 rings (SSSR count). The number of unbranched alkanes of at least 4 members (excludes halogenated alkanes) is 2. The van der Waals surface area contributed by atoms with Crippen LogP contribution in [0.4, 0.5) is 4.79 Å². The molecule has 1 aromatic carbocycles. The summed E-state index contributed by atoms with van der Waals surface area (Å²) >= 11 is 0. The fourth-order valence-electron chi connectivity index (χ4n) is 2.39. The molecule has 8 nitrogen and oxygen atoms in total. The molecule has 0 spiro atoms. The molecule has 0 fully saturated rings. The predicted molar refractivity (Wildman–Crippen MR) is 108 cm³/mol. The Balaban J connectivity index is 1.59. The average molecular weight is 385 g/mol. The highest BCUT2D eigenvalue weighted by Gasteiger charge is 2.15. The number of alkyl carbamates (subject to hydrolysis) is 1. The molecule has 2 amide bonds. The van der Waals surface area contributed by atoms with Crippen molar-refractivity contribution in [3.63, 3.8) is 0 Å². The van der Waals surface area contributed by atoms with E-state index in [-0.39, 0.29) is 5.91 Å². The first-order valence-corrected chi connectivity index (χ1v) is 9.33. The summed E-state index contributed by atoms with van der Waals surface area (Å²) in [5, 5.41) is 6.67. The molecule has 0 saturated carbocycles. The van der Waals surface area contributed by atoms with Crippen molar-refractivity contribution < 1.29 is 14.3 Å². The summed E-state index contributed by atoms with van der Waals surface area (Å²) in [4.78, 5) is 31.7. The van der Waals surface area contributed by atoms with Crippen molar-refractivity contribution in [2.75, 3.05) is 6.54 Å². The first-order valence-electron chi connectivity index (χ1n) is 9.33. The van der Waals surface area contributed by atoms with Gasteiger partial charge in [-0.05, 0) is 51.3 Å². The highest BCUT2D eigenvalue weighted by molar-refractivity contribution is 5.87. The summed E-state index contributed by atoms with van der Waals surface area (Å²) in [6.07, 6.45) is 7.16. The van der Waals surface area contributed by atoms with E-state index in [1.54, 1.807) is 18.6 Å². The monoisotopic (exact) mass is 385 g/mol. The zero-order valence-electron chi connectivity index (χ0n) is 16.6. The number of hydrogen-bond donors (Lipinski definition) is 2. The lowest BCUT2D eigenvalue weighted by atomic mass is 10.2. The van der Waals surface area contributed by atoms with Gasteiger partial charge in [0.05, 0.1) is 17.2 Å².